The van der Waals surface area contributed by atoms with Gasteiger partial charge in [0.15, 0.2) is 0 Å². The summed E-state index contributed by atoms with van der Waals surface area (Å²) in [6, 6.07) is 7.46. The van der Waals surface area contributed by atoms with Gasteiger partial charge in [-0.3, -0.25) is 14.7 Å². The molecule has 4 nitrogen and oxygen atoms in total. The van der Waals surface area contributed by atoms with Crippen LogP contribution in [0.4, 0.5) is 8.78 Å². The van der Waals surface area contributed by atoms with E-state index in [-0.39, 0.29) is 0 Å². The van der Waals surface area contributed by atoms with E-state index in [4.69, 9.17) is 0 Å². The zero-order chi connectivity index (χ0) is 16.9. The second kappa shape index (κ2) is 7.49. The SMILES string of the molecule is O=C(c1c(F)cccc1F)N1CCN(CCc2ccncc2)CC1. The van der Waals surface area contributed by atoms with E-state index >= 15 is 0 Å². The topological polar surface area (TPSA) is 36.4 Å². The van der Waals surface area contributed by atoms with Gasteiger partial charge in [0, 0.05) is 45.1 Å². The van der Waals surface area contributed by atoms with Crippen LogP contribution in [0.5, 0.6) is 0 Å². The fourth-order valence-corrected chi connectivity index (χ4v) is 2.87. The van der Waals surface area contributed by atoms with Crippen LogP contribution >= 0.6 is 0 Å². The molecule has 0 saturated carbocycles. The van der Waals surface area contributed by atoms with E-state index < -0.39 is 23.1 Å². The minimum Gasteiger partial charge on any atom is -0.336 e. The highest BCUT2D eigenvalue weighted by atomic mass is 19.1. The molecule has 1 aliphatic heterocycles. The number of amides is 1. The summed E-state index contributed by atoms with van der Waals surface area (Å²) in [5.74, 6) is -2.18. The van der Waals surface area contributed by atoms with Crippen molar-refractivity contribution < 1.29 is 13.6 Å². The minimum absolute atomic E-state index is 0.456. The Morgan fingerprint density at radius 3 is 2.25 bits per heavy atom. The van der Waals surface area contributed by atoms with Gasteiger partial charge >= 0.3 is 0 Å². The molecule has 0 spiro atoms. The van der Waals surface area contributed by atoms with E-state index in [0.717, 1.165) is 25.1 Å². The predicted molar refractivity (Wildman–Crippen MR) is 86.6 cm³/mol. The lowest BCUT2D eigenvalue weighted by atomic mass is 10.1. The Morgan fingerprint density at radius 1 is 1.00 bits per heavy atom. The molecule has 126 valence electrons. The van der Waals surface area contributed by atoms with E-state index in [1.54, 1.807) is 12.4 Å². The number of rotatable bonds is 4. The first kappa shape index (κ1) is 16.5. The lowest BCUT2D eigenvalue weighted by Gasteiger charge is -2.34. The second-order valence-electron chi connectivity index (χ2n) is 5.84. The third-order valence-corrected chi connectivity index (χ3v) is 4.30. The normalized spacial score (nSPS) is 15.5. The summed E-state index contributed by atoms with van der Waals surface area (Å²) in [4.78, 5) is 20.1. The van der Waals surface area contributed by atoms with Gasteiger partial charge in [-0.05, 0) is 36.2 Å². The van der Waals surface area contributed by atoms with Crippen molar-refractivity contribution in [2.45, 2.75) is 6.42 Å². The molecule has 1 fully saturated rings. The second-order valence-corrected chi connectivity index (χ2v) is 5.84. The number of carbonyl (C=O) groups excluding carboxylic acids is 1. The summed E-state index contributed by atoms with van der Waals surface area (Å²) in [6.45, 7) is 3.24. The minimum atomic E-state index is -0.805. The van der Waals surface area contributed by atoms with E-state index in [1.165, 1.54) is 16.5 Å². The molecule has 0 aliphatic carbocycles. The number of hydrogen-bond acceptors (Lipinski definition) is 3. The fraction of sp³-hybridized carbons (Fsp3) is 0.333. The molecule has 0 radical (unpaired) electrons. The van der Waals surface area contributed by atoms with Crippen molar-refractivity contribution in [2.24, 2.45) is 0 Å². The van der Waals surface area contributed by atoms with Crippen LogP contribution in [-0.2, 0) is 6.42 Å². The van der Waals surface area contributed by atoms with Crippen molar-refractivity contribution in [2.75, 3.05) is 32.7 Å². The smallest absolute Gasteiger partial charge is 0.259 e. The Balaban J connectivity index is 1.54. The van der Waals surface area contributed by atoms with Crippen LogP contribution in [0.25, 0.3) is 0 Å². The van der Waals surface area contributed by atoms with Gasteiger partial charge < -0.3 is 4.90 Å². The molecule has 0 bridgehead atoms. The van der Waals surface area contributed by atoms with Crippen molar-refractivity contribution in [1.29, 1.82) is 0 Å². The van der Waals surface area contributed by atoms with Crippen LogP contribution < -0.4 is 0 Å². The Morgan fingerprint density at radius 2 is 1.62 bits per heavy atom. The molecule has 6 heteroatoms. The molecule has 24 heavy (non-hydrogen) atoms. The third kappa shape index (κ3) is 3.76. The molecule has 2 aromatic rings. The van der Waals surface area contributed by atoms with Crippen LogP contribution in [0.3, 0.4) is 0 Å². The van der Waals surface area contributed by atoms with Crippen LogP contribution in [0.2, 0.25) is 0 Å². The van der Waals surface area contributed by atoms with Gasteiger partial charge in [0.2, 0.25) is 0 Å². The summed E-state index contributed by atoms with van der Waals surface area (Å²) in [5, 5.41) is 0. The Labute approximate surface area is 139 Å². The molecule has 2 heterocycles. The van der Waals surface area contributed by atoms with E-state index in [9.17, 15) is 13.6 Å². The van der Waals surface area contributed by atoms with Gasteiger partial charge in [-0.25, -0.2) is 8.78 Å². The number of nitrogens with zero attached hydrogens (tertiary/aromatic N) is 3. The lowest BCUT2D eigenvalue weighted by molar-refractivity contribution is 0.0629. The molecule has 1 aromatic carbocycles. The Hall–Kier alpha value is -2.34. The molecule has 3 rings (SSSR count). The van der Waals surface area contributed by atoms with Crippen LogP contribution in [0.1, 0.15) is 15.9 Å². The van der Waals surface area contributed by atoms with Crippen LogP contribution in [0, 0.1) is 11.6 Å². The average Bonchev–Trinajstić information content (AvgIpc) is 2.61. The van der Waals surface area contributed by atoms with E-state index in [0.29, 0.717) is 26.2 Å². The molecule has 1 saturated heterocycles. The summed E-state index contributed by atoms with van der Waals surface area (Å²) < 4.78 is 27.5. The first-order valence-corrected chi connectivity index (χ1v) is 7.99. The number of halogens is 2. The number of carbonyl (C=O) groups is 1. The molecular formula is C18H19F2N3O. The standard InChI is InChI=1S/C18H19F2N3O/c19-15-2-1-3-16(20)17(15)18(24)23-12-10-22(11-13-23)9-6-14-4-7-21-8-5-14/h1-5,7-8H,6,9-13H2. The van der Waals surface area contributed by atoms with E-state index in [2.05, 4.69) is 9.88 Å². The molecule has 0 atom stereocenters. The van der Waals surface area contributed by atoms with Crippen molar-refractivity contribution in [1.82, 2.24) is 14.8 Å². The number of piperazine rings is 1. The van der Waals surface area contributed by atoms with Crippen molar-refractivity contribution in [3.8, 4) is 0 Å². The molecule has 0 N–H and O–H groups in total. The first-order valence-electron chi connectivity index (χ1n) is 7.99. The zero-order valence-electron chi connectivity index (χ0n) is 13.3. The van der Waals surface area contributed by atoms with Gasteiger partial charge in [0.1, 0.15) is 17.2 Å². The largest absolute Gasteiger partial charge is 0.336 e. The molecule has 1 aromatic heterocycles. The molecular weight excluding hydrogens is 312 g/mol. The van der Waals surface area contributed by atoms with Crippen LogP contribution in [0.15, 0.2) is 42.7 Å². The maximum atomic E-state index is 13.7. The molecule has 0 unspecified atom stereocenters. The maximum absolute atomic E-state index is 13.7. The quantitative estimate of drug-likeness (QED) is 0.863. The average molecular weight is 331 g/mol. The Bertz CT molecular complexity index is 680. The van der Waals surface area contributed by atoms with Gasteiger partial charge in [-0.15, -0.1) is 0 Å². The number of aromatic nitrogens is 1. The van der Waals surface area contributed by atoms with Crippen molar-refractivity contribution in [3.63, 3.8) is 0 Å². The van der Waals surface area contributed by atoms with Gasteiger partial charge in [0.25, 0.3) is 5.91 Å². The highest BCUT2D eigenvalue weighted by Crippen LogP contribution is 2.16. The van der Waals surface area contributed by atoms with E-state index in [1.807, 2.05) is 12.1 Å². The highest BCUT2D eigenvalue weighted by Gasteiger charge is 2.26. The van der Waals surface area contributed by atoms with Crippen molar-refractivity contribution in [3.05, 3.63) is 65.5 Å². The molecule has 1 aliphatic rings. The summed E-state index contributed by atoms with van der Waals surface area (Å²) in [7, 11) is 0. The number of hydrogen-bond donors (Lipinski definition) is 0. The van der Waals surface area contributed by atoms with Crippen LogP contribution in [-0.4, -0.2) is 53.4 Å². The Kier molecular flexibility index (Phi) is 5.15. The van der Waals surface area contributed by atoms with Gasteiger partial charge in [-0.1, -0.05) is 6.07 Å². The molecule has 1 amide bonds. The fourth-order valence-electron chi connectivity index (χ4n) is 2.87. The first-order chi connectivity index (χ1) is 11.6. The maximum Gasteiger partial charge on any atom is 0.259 e. The lowest BCUT2D eigenvalue weighted by Crippen LogP contribution is -2.49. The van der Waals surface area contributed by atoms with Gasteiger partial charge in [0.05, 0.1) is 0 Å². The van der Waals surface area contributed by atoms with Gasteiger partial charge in [-0.2, -0.15) is 0 Å². The summed E-state index contributed by atoms with van der Waals surface area (Å²) >= 11 is 0. The summed E-state index contributed by atoms with van der Waals surface area (Å²) in [6.07, 6.45) is 4.46. The zero-order valence-corrected chi connectivity index (χ0v) is 13.3. The predicted octanol–water partition coefficient (Wildman–Crippen LogP) is 2.36. The third-order valence-electron chi connectivity index (χ3n) is 4.30. The number of benzene rings is 1. The summed E-state index contributed by atoms with van der Waals surface area (Å²) in [5.41, 5.74) is 0.764. The van der Waals surface area contributed by atoms with Crippen molar-refractivity contribution >= 4 is 5.91 Å². The monoisotopic (exact) mass is 331 g/mol. The number of pyridine rings is 1. The highest BCUT2D eigenvalue weighted by molar-refractivity contribution is 5.94.